The SMILES string of the molecule is CC1CN(C(C)CO)CCN1. The zero-order valence-corrected chi connectivity index (χ0v) is 7.38. The van der Waals surface area contributed by atoms with Gasteiger partial charge in [-0.1, -0.05) is 0 Å². The number of nitrogens with zero attached hydrogens (tertiary/aromatic N) is 1. The van der Waals surface area contributed by atoms with Crippen molar-refractivity contribution in [2.75, 3.05) is 26.2 Å². The van der Waals surface area contributed by atoms with Gasteiger partial charge in [0.05, 0.1) is 6.61 Å². The molecule has 0 aromatic heterocycles. The van der Waals surface area contributed by atoms with Crippen LogP contribution in [0.5, 0.6) is 0 Å². The number of hydrogen-bond acceptors (Lipinski definition) is 3. The Hall–Kier alpha value is -0.120. The number of rotatable bonds is 2. The van der Waals surface area contributed by atoms with Gasteiger partial charge in [0.15, 0.2) is 0 Å². The van der Waals surface area contributed by atoms with Crippen molar-refractivity contribution in [1.29, 1.82) is 0 Å². The first-order valence-corrected chi connectivity index (χ1v) is 4.32. The van der Waals surface area contributed by atoms with Crippen LogP contribution in [0.3, 0.4) is 0 Å². The summed E-state index contributed by atoms with van der Waals surface area (Å²) in [5.41, 5.74) is 0. The summed E-state index contributed by atoms with van der Waals surface area (Å²) in [4.78, 5) is 2.32. The van der Waals surface area contributed by atoms with Crippen LogP contribution in [-0.4, -0.2) is 48.3 Å². The van der Waals surface area contributed by atoms with Crippen LogP contribution < -0.4 is 5.32 Å². The summed E-state index contributed by atoms with van der Waals surface area (Å²) in [5.74, 6) is 0. The highest BCUT2D eigenvalue weighted by Gasteiger charge is 2.19. The number of nitrogens with one attached hydrogen (secondary N) is 1. The Kier molecular flexibility index (Phi) is 3.30. The first-order chi connectivity index (χ1) is 5.24. The maximum Gasteiger partial charge on any atom is 0.0584 e. The van der Waals surface area contributed by atoms with E-state index in [-0.39, 0.29) is 6.61 Å². The van der Waals surface area contributed by atoms with Crippen molar-refractivity contribution in [2.24, 2.45) is 0 Å². The predicted molar refractivity (Wildman–Crippen MR) is 45.6 cm³/mol. The third kappa shape index (κ3) is 2.43. The van der Waals surface area contributed by atoms with Gasteiger partial charge in [0, 0.05) is 31.7 Å². The van der Waals surface area contributed by atoms with Crippen LogP contribution in [0.1, 0.15) is 13.8 Å². The van der Waals surface area contributed by atoms with Crippen LogP contribution in [0.15, 0.2) is 0 Å². The van der Waals surface area contributed by atoms with E-state index in [0.29, 0.717) is 12.1 Å². The molecule has 0 radical (unpaired) electrons. The maximum atomic E-state index is 8.91. The Labute approximate surface area is 68.4 Å². The van der Waals surface area contributed by atoms with Gasteiger partial charge in [-0.2, -0.15) is 0 Å². The van der Waals surface area contributed by atoms with Crippen molar-refractivity contribution in [3.8, 4) is 0 Å². The molecule has 2 atom stereocenters. The third-order valence-electron chi connectivity index (χ3n) is 2.29. The molecular weight excluding hydrogens is 140 g/mol. The lowest BCUT2D eigenvalue weighted by atomic mass is 10.2. The minimum absolute atomic E-state index is 0.271. The van der Waals surface area contributed by atoms with Crippen molar-refractivity contribution < 1.29 is 5.11 Å². The quantitative estimate of drug-likeness (QED) is 0.577. The molecule has 0 bridgehead atoms. The summed E-state index contributed by atoms with van der Waals surface area (Å²) in [7, 11) is 0. The van der Waals surface area contributed by atoms with Crippen molar-refractivity contribution in [1.82, 2.24) is 10.2 Å². The first-order valence-electron chi connectivity index (χ1n) is 4.32. The van der Waals surface area contributed by atoms with Gasteiger partial charge in [-0.25, -0.2) is 0 Å². The summed E-state index contributed by atoms with van der Waals surface area (Å²) in [6.45, 7) is 7.68. The highest BCUT2D eigenvalue weighted by atomic mass is 16.3. The van der Waals surface area contributed by atoms with Crippen LogP contribution in [0.2, 0.25) is 0 Å². The molecule has 1 heterocycles. The molecule has 1 rings (SSSR count). The lowest BCUT2D eigenvalue weighted by Gasteiger charge is -2.35. The van der Waals surface area contributed by atoms with E-state index in [0.717, 1.165) is 19.6 Å². The van der Waals surface area contributed by atoms with Gasteiger partial charge >= 0.3 is 0 Å². The van der Waals surface area contributed by atoms with E-state index in [9.17, 15) is 0 Å². The lowest BCUT2D eigenvalue weighted by Crippen LogP contribution is -2.52. The van der Waals surface area contributed by atoms with Crippen LogP contribution >= 0.6 is 0 Å². The van der Waals surface area contributed by atoms with Crippen molar-refractivity contribution >= 4 is 0 Å². The molecule has 11 heavy (non-hydrogen) atoms. The van der Waals surface area contributed by atoms with Crippen LogP contribution in [0.4, 0.5) is 0 Å². The fraction of sp³-hybridized carbons (Fsp3) is 1.00. The standard InChI is InChI=1S/C8H18N2O/c1-7-5-10(4-3-9-7)8(2)6-11/h7-9,11H,3-6H2,1-2H3. The van der Waals surface area contributed by atoms with Gasteiger partial charge in [-0.05, 0) is 13.8 Å². The van der Waals surface area contributed by atoms with E-state index in [1.165, 1.54) is 0 Å². The summed E-state index contributed by atoms with van der Waals surface area (Å²) in [6.07, 6.45) is 0. The van der Waals surface area contributed by atoms with Gasteiger partial charge < -0.3 is 10.4 Å². The average Bonchev–Trinajstić information content (AvgIpc) is 2.03. The topological polar surface area (TPSA) is 35.5 Å². The molecule has 0 spiro atoms. The van der Waals surface area contributed by atoms with E-state index in [4.69, 9.17) is 5.11 Å². The van der Waals surface area contributed by atoms with Gasteiger partial charge in [-0.15, -0.1) is 0 Å². The fourth-order valence-corrected chi connectivity index (χ4v) is 1.48. The van der Waals surface area contributed by atoms with Crippen LogP contribution in [0.25, 0.3) is 0 Å². The average molecular weight is 158 g/mol. The highest BCUT2D eigenvalue weighted by Crippen LogP contribution is 2.03. The third-order valence-corrected chi connectivity index (χ3v) is 2.29. The highest BCUT2D eigenvalue weighted by molar-refractivity contribution is 4.78. The molecule has 1 aliphatic heterocycles. The van der Waals surface area contributed by atoms with Crippen LogP contribution in [-0.2, 0) is 0 Å². The first kappa shape index (κ1) is 8.97. The monoisotopic (exact) mass is 158 g/mol. The van der Waals surface area contributed by atoms with Crippen molar-refractivity contribution in [2.45, 2.75) is 25.9 Å². The molecule has 0 saturated carbocycles. The molecule has 1 fully saturated rings. The predicted octanol–water partition coefficient (Wildman–Crippen LogP) is -0.339. The maximum absolute atomic E-state index is 8.91. The number of piperazine rings is 1. The van der Waals surface area contributed by atoms with Gasteiger partial charge in [-0.3, -0.25) is 4.90 Å². The van der Waals surface area contributed by atoms with Crippen molar-refractivity contribution in [3.05, 3.63) is 0 Å². The Morgan fingerprint density at radius 2 is 2.45 bits per heavy atom. The second-order valence-corrected chi connectivity index (χ2v) is 3.38. The molecular formula is C8H18N2O. The van der Waals surface area contributed by atoms with E-state index < -0.39 is 0 Å². The lowest BCUT2D eigenvalue weighted by molar-refractivity contribution is 0.107. The van der Waals surface area contributed by atoms with Gasteiger partial charge in [0.1, 0.15) is 0 Å². The number of aliphatic hydroxyl groups excluding tert-OH is 1. The number of aliphatic hydroxyl groups is 1. The summed E-state index contributed by atoms with van der Waals surface area (Å²) in [6, 6.07) is 0.886. The molecule has 0 amide bonds. The molecule has 0 aromatic rings. The molecule has 0 aromatic carbocycles. The molecule has 1 saturated heterocycles. The second-order valence-electron chi connectivity index (χ2n) is 3.38. The molecule has 66 valence electrons. The molecule has 2 unspecified atom stereocenters. The minimum atomic E-state index is 0.271. The van der Waals surface area contributed by atoms with E-state index >= 15 is 0 Å². The summed E-state index contributed by atoms with van der Waals surface area (Å²) >= 11 is 0. The Bertz CT molecular complexity index is 119. The number of hydrogen-bond donors (Lipinski definition) is 2. The molecule has 2 N–H and O–H groups in total. The van der Waals surface area contributed by atoms with E-state index in [1.54, 1.807) is 0 Å². The van der Waals surface area contributed by atoms with Gasteiger partial charge in [0.2, 0.25) is 0 Å². The minimum Gasteiger partial charge on any atom is -0.395 e. The van der Waals surface area contributed by atoms with Crippen LogP contribution in [0, 0.1) is 0 Å². The Morgan fingerprint density at radius 3 is 3.00 bits per heavy atom. The van der Waals surface area contributed by atoms with E-state index in [2.05, 4.69) is 24.1 Å². The Balaban J connectivity index is 2.33. The molecule has 1 aliphatic rings. The molecule has 3 nitrogen and oxygen atoms in total. The largest absolute Gasteiger partial charge is 0.395 e. The second kappa shape index (κ2) is 4.04. The molecule has 0 aliphatic carbocycles. The Morgan fingerprint density at radius 1 is 1.73 bits per heavy atom. The fourth-order valence-electron chi connectivity index (χ4n) is 1.48. The zero-order valence-electron chi connectivity index (χ0n) is 7.38. The summed E-state index contributed by atoms with van der Waals surface area (Å²) < 4.78 is 0. The van der Waals surface area contributed by atoms with Gasteiger partial charge in [0.25, 0.3) is 0 Å². The van der Waals surface area contributed by atoms with Crippen molar-refractivity contribution in [3.63, 3.8) is 0 Å². The zero-order chi connectivity index (χ0) is 8.27. The molecule has 3 heteroatoms. The normalized spacial score (nSPS) is 30.3. The summed E-state index contributed by atoms with van der Waals surface area (Å²) in [5, 5.41) is 12.3. The van der Waals surface area contributed by atoms with E-state index in [1.807, 2.05) is 0 Å². The smallest absolute Gasteiger partial charge is 0.0584 e.